The van der Waals surface area contributed by atoms with Crippen LogP contribution >= 0.6 is 0 Å². The molecular formula is C23H24N2. The first-order valence-corrected chi connectivity index (χ1v) is 9.45. The number of fused-ring (bicyclic) bond motifs is 5. The molecule has 0 amide bonds. The van der Waals surface area contributed by atoms with Crippen LogP contribution in [0.1, 0.15) is 50.2 Å². The average Bonchev–Trinajstić information content (AvgIpc) is 3.03. The second-order valence-electron chi connectivity index (χ2n) is 6.79. The minimum Gasteiger partial charge on any atom is -0.263 e. The lowest BCUT2D eigenvalue weighted by atomic mass is 9.92. The summed E-state index contributed by atoms with van der Waals surface area (Å²) < 4.78 is 2.17. The molecule has 0 N–H and O–H groups in total. The number of nitrogens with zero attached hydrogens (tertiary/aromatic N) is 2. The fourth-order valence-electron chi connectivity index (χ4n) is 3.72. The Morgan fingerprint density at radius 2 is 1.96 bits per heavy atom. The SMILES string of the molecule is CCCCCCC#Cc1cccc2c1-c1c3ccccc3nn1CC2. The highest BCUT2D eigenvalue weighted by Gasteiger charge is 2.22. The van der Waals surface area contributed by atoms with Crippen molar-refractivity contribution < 1.29 is 0 Å². The third kappa shape index (κ3) is 3.07. The quantitative estimate of drug-likeness (QED) is 0.451. The molecule has 25 heavy (non-hydrogen) atoms. The van der Waals surface area contributed by atoms with E-state index < -0.39 is 0 Å². The highest BCUT2D eigenvalue weighted by molar-refractivity contribution is 5.96. The number of benzene rings is 2. The normalized spacial score (nSPS) is 12.4. The molecule has 0 atom stereocenters. The Bertz CT molecular complexity index is 953. The molecule has 1 aliphatic rings. The maximum absolute atomic E-state index is 4.79. The molecular weight excluding hydrogens is 304 g/mol. The molecule has 126 valence electrons. The zero-order valence-corrected chi connectivity index (χ0v) is 14.9. The molecule has 0 radical (unpaired) electrons. The van der Waals surface area contributed by atoms with Crippen molar-refractivity contribution in [3.05, 3.63) is 53.6 Å². The van der Waals surface area contributed by atoms with Gasteiger partial charge in [-0.2, -0.15) is 5.10 Å². The third-order valence-electron chi connectivity index (χ3n) is 5.00. The molecule has 0 saturated heterocycles. The average molecular weight is 328 g/mol. The lowest BCUT2D eigenvalue weighted by Gasteiger charge is -2.19. The molecule has 1 aromatic heterocycles. The maximum Gasteiger partial charge on any atom is 0.0930 e. The topological polar surface area (TPSA) is 17.8 Å². The Hall–Kier alpha value is -2.53. The Morgan fingerprint density at radius 3 is 2.88 bits per heavy atom. The van der Waals surface area contributed by atoms with E-state index in [2.05, 4.69) is 65.9 Å². The summed E-state index contributed by atoms with van der Waals surface area (Å²) in [5, 5.41) is 6.03. The van der Waals surface area contributed by atoms with E-state index in [0.29, 0.717) is 0 Å². The van der Waals surface area contributed by atoms with Crippen molar-refractivity contribution in [3.63, 3.8) is 0 Å². The second-order valence-corrected chi connectivity index (χ2v) is 6.79. The van der Waals surface area contributed by atoms with Gasteiger partial charge in [-0.1, -0.05) is 68.4 Å². The number of rotatable bonds is 4. The van der Waals surface area contributed by atoms with E-state index in [9.17, 15) is 0 Å². The molecule has 4 rings (SSSR count). The molecule has 0 aliphatic carbocycles. The van der Waals surface area contributed by atoms with E-state index in [1.54, 1.807) is 0 Å². The van der Waals surface area contributed by atoms with Crippen molar-refractivity contribution >= 4 is 10.9 Å². The van der Waals surface area contributed by atoms with Crippen LogP contribution in [0.4, 0.5) is 0 Å². The molecule has 0 bridgehead atoms. The van der Waals surface area contributed by atoms with Crippen molar-refractivity contribution in [2.45, 2.75) is 52.0 Å². The maximum atomic E-state index is 4.79. The first kappa shape index (κ1) is 16.0. The number of hydrogen-bond acceptors (Lipinski definition) is 1. The van der Waals surface area contributed by atoms with Crippen molar-refractivity contribution in [1.82, 2.24) is 9.78 Å². The van der Waals surface area contributed by atoms with Crippen molar-refractivity contribution in [1.29, 1.82) is 0 Å². The van der Waals surface area contributed by atoms with E-state index in [1.165, 1.54) is 47.9 Å². The van der Waals surface area contributed by atoms with Crippen LogP contribution in [0.2, 0.25) is 0 Å². The molecule has 2 heterocycles. The predicted octanol–water partition coefficient (Wildman–Crippen LogP) is 5.58. The van der Waals surface area contributed by atoms with E-state index >= 15 is 0 Å². The minimum atomic E-state index is 0.949. The van der Waals surface area contributed by atoms with Crippen LogP contribution in [0, 0.1) is 11.8 Å². The Morgan fingerprint density at radius 1 is 1.04 bits per heavy atom. The van der Waals surface area contributed by atoms with Crippen LogP contribution in [0.15, 0.2) is 42.5 Å². The van der Waals surface area contributed by atoms with Gasteiger partial charge in [-0.25, -0.2) is 0 Å². The van der Waals surface area contributed by atoms with Gasteiger partial charge in [-0.3, -0.25) is 4.68 Å². The lowest BCUT2D eigenvalue weighted by molar-refractivity contribution is 0.613. The van der Waals surface area contributed by atoms with Crippen molar-refractivity contribution in [2.75, 3.05) is 0 Å². The van der Waals surface area contributed by atoms with Gasteiger partial charge < -0.3 is 0 Å². The fraction of sp³-hybridized carbons (Fsp3) is 0.348. The standard InChI is InChI=1S/C23H24N2/c1-2-3-4-5-6-7-11-18-12-10-13-19-16-17-25-23(22(18)19)20-14-8-9-15-21(20)24-25/h8-10,12-15H,2-6,16-17H2,1H3. The Labute approximate surface area is 149 Å². The summed E-state index contributed by atoms with van der Waals surface area (Å²) in [4.78, 5) is 0. The Balaban J connectivity index is 1.72. The van der Waals surface area contributed by atoms with E-state index in [4.69, 9.17) is 5.10 Å². The highest BCUT2D eigenvalue weighted by atomic mass is 15.3. The van der Waals surface area contributed by atoms with Gasteiger partial charge in [0, 0.05) is 29.5 Å². The van der Waals surface area contributed by atoms with Gasteiger partial charge in [0.1, 0.15) is 0 Å². The lowest BCUT2D eigenvalue weighted by Crippen LogP contribution is -2.12. The summed E-state index contributed by atoms with van der Waals surface area (Å²) in [7, 11) is 0. The van der Waals surface area contributed by atoms with Crippen molar-refractivity contribution in [2.24, 2.45) is 0 Å². The van der Waals surface area contributed by atoms with E-state index in [-0.39, 0.29) is 0 Å². The summed E-state index contributed by atoms with van der Waals surface area (Å²) in [6, 6.07) is 15.0. The molecule has 2 nitrogen and oxygen atoms in total. The fourth-order valence-corrected chi connectivity index (χ4v) is 3.72. The van der Waals surface area contributed by atoms with Gasteiger partial charge >= 0.3 is 0 Å². The van der Waals surface area contributed by atoms with Gasteiger partial charge in [0.2, 0.25) is 0 Å². The molecule has 0 spiro atoms. The first-order valence-electron chi connectivity index (χ1n) is 9.45. The zero-order valence-electron chi connectivity index (χ0n) is 14.9. The third-order valence-corrected chi connectivity index (χ3v) is 5.00. The van der Waals surface area contributed by atoms with Gasteiger partial charge in [-0.05, 0) is 30.5 Å². The molecule has 2 aromatic carbocycles. The van der Waals surface area contributed by atoms with Gasteiger partial charge in [0.25, 0.3) is 0 Å². The highest BCUT2D eigenvalue weighted by Crippen LogP contribution is 2.37. The summed E-state index contributed by atoms with van der Waals surface area (Å²) in [6.07, 6.45) is 7.10. The monoisotopic (exact) mass is 328 g/mol. The van der Waals surface area contributed by atoms with Gasteiger partial charge in [0.05, 0.1) is 11.2 Å². The van der Waals surface area contributed by atoms with Crippen molar-refractivity contribution in [3.8, 4) is 23.1 Å². The van der Waals surface area contributed by atoms with Crippen LogP contribution < -0.4 is 0 Å². The van der Waals surface area contributed by atoms with Crippen LogP contribution in [-0.2, 0) is 13.0 Å². The molecule has 3 aromatic rings. The zero-order chi connectivity index (χ0) is 17.1. The molecule has 2 heteroatoms. The molecule has 0 fully saturated rings. The number of hydrogen-bond donors (Lipinski definition) is 0. The van der Waals surface area contributed by atoms with Crippen LogP contribution in [0.25, 0.3) is 22.2 Å². The van der Waals surface area contributed by atoms with Crippen LogP contribution in [-0.4, -0.2) is 9.78 Å². The summed E-state index contributed by atoms with van der Waals surface area (Å²) in [5.41, 5.74) is 6.17. The number of aryl methyl sites for hydroxylation is 2. The number of aromatic nitrogens is 2. The van der Waals surface area contributed by atoms with Crippen LogP contribution in [0.3, 0.4) is 0 Å². The summed E-state index contributed by atoms with van der Waals surface area (Å²) >= 11 is 0. The number of unbranched alkanes of at least 4 members (excludes halogenated alkanes) is 4. The molecule has 0 saturated carbocycles. The Kier molecular flexibility index (Phi) is 4.57. The summed E-state index contributed by atoms with van der Waals surface area (Å²) in [6.45, 7) is 3.19. The van der Waals surface area contributed by atoms with Gasteiger partial charge in [0.15, 0.2) is 0 Å². The molecule has 0 unspecified atom stereocenters. The van der Waals surface area contributed by atoms with Gasteiger partial charge in [-0.15, -0.1) is 0 Å². The van der Waals surface area contributed by atoms with Crippen LogP contribution in [0.5, 0.6) is 0 Å². The minimum absolute atomic E-state index is 0.949. The molecule has 1 aliphatic heterocycles. The largest absolute Gasteiger partial charge is 0.263 e. The second kappa shape index (κ2) is 7.15. The predicted molar refractivity (Wildman–Crippen MR) is 105 cm³/mol. The van der Waals surface area contributed by atoms with E-state index in [0.717, 1.165) is 30.5 Å². The smallest absolute Gasteiger partial charge is 0.0930 e. The summed E-state index contributed by atoms with van der Waals surface area (Å²) in [5.74, 6) is 6.86. The van der Waals surface area contributed by atoms with E-state index in [1.807, 2.05) is 0 Å². The first-order chi connectivity index (χ1) is 12.4.